The topological polar surface area (TPSA) is 77.2 Å². The SMILES string of the molecule is N#CCN(C(=O)c1ccncc1O)C1CCCC1. The van der Waals surface area contributed by atoms with Gasteiger partial charge in [-0.2, -0.15) is 5.26 Å². The smallest absolute Gasteiger partial charge is 0.258 e. The number of carbonyl (C=O) groups is 1. The fraction of sp³-hybridized carbons (Fsp3) is 0.462. The molecule has 1 aromatic heterocycles. The van der Waals surface area contributed by atoms with E-state index in [1.807, 2.05) is 6.07 Å². The summed E-state index contributed by atoms with van der Waals surface area (Å²) in [7, 11) is 0. The van der Waals surface area contributed by atoms with E-state index in [9.17, 15) is 9.90 Å². The Bertz CT molecular complexity index is 475. The quantitative estimate of drug-likeness (QED) is 0.822. The highest BCUT2D eigenvalue weighted by Gasteiger charge is 2.28. The van der Waals surface area contributed by atoms with Gasteiger partial charge in [0.2, 0.25) is 0 Å². The molecule has 1 saturated carbocycles. The molecule has 94 valence electrons. The standard InChI is InChI=1S/C13H15N3O2/c14-6-8-16(10-3-1-2-4-10)13(18)11-5-7-15-9-12(11)17/h5,7,9-10,17H,1-4,8H2. The summed E-state index contributed by atoms with van der Waals surface area (Å²) in [4.78, 5) is 17.6. The molecule has 1 aliphatic carbocycles. The van der Waals surface area contributed by atoms with Crippen LogP contribution in [-0.4, -0.2) is 33.5 Å². The largest absolute Gasteiger partial charge is 0.505 e. The highest BCUT2D eigenvalue weighted by Crippen LogP contribution is 2.26. The molecule has 0 unspecified atom stereocenters. The molecule has 0 spiro atoms. The summed E-state index contributed by atoms with van der Waals surface area (Å²) in [5.41, 5.74) is 0.215. The van der Waals surface area contributed by atoms with Gasteiger partial charge in [-0.15, -0.1) is 0 Å². The molecule has 0 saturated heterocycles. The van der Waals surface area contributed by atoms with Crippen molar-refractivity contribution in [3.63, 3.8) is 0 Å². The molecule has 18 heavy (non-hydrogen) atoms. The predicted octanol–water partition coefficient (Wildman–Crippen LogP) is 1.70. The van der Waals surface area contributed by atoms with Crippen LogP contribution in [0.25, 0.3) is 0 Å². The van der Waals surface area contributed by atoms with E-state index in [-0.39, 0.29) is 29.8 Å². The first-order valence-corrected chi connectivity index (χ1v) is 6.05. The van der Waals surface area contributed by atoms with Crippen molar-refractivity contribution in [2.75, 3.05) is 6.54 Å². The van der Waals surface area contributed by atoms with Gasteiger partial charge in [0.05, 0.1) is 17.8 Å². The number of aromatic hydroxyl groups is 1. The summed E-state index contributed by atoms with van der Waals surface area (Å²) in [5.74, 6) is -0.424. The van der Waals surface area contributed by atoms with Gasteiger partial charge in [-0.3, -0.25) is 9.78 Å². The van der Waals surface area contributed by atoms with E-state index >= 15 is 0 Å². The minimum absolute atomic E-state index is 0.0608. The second kappa shape index (κ2) is 5.50. The monoisotopic (exact) mass is 245 g/mol. The van der Waals surface area contributed by atoms with Crippen LogP contribution in [-0.2, 0) is 0 Å². The first-order valence-electron chi connectivity index (χ1n) is 6.05. The van der Waals surface area contributed by atoms with E-state index in [0.717, 1.165) is 25.7 Å². The Kier molecular flexibility index (Phi) is 3.78. The van der Waals surface area contributed by atoms with Crippen molar-refractivity contribution in [2.45, 2.75) is 31.7 Å². The van der Waals surface area contributed by atoms with Gasteiger partial charge in [0.25, 0.3) is 5.91 Å². The van der Waals surface area contributed by atoms with Crippen molar-refractivity contribution in [1.82, 2.24) is 9.88 Å². The van der Waals surface area contributed by atoms with Crippen molar-refractivity contribution in [3.05, 3.63) is 24.0 Å². The zero-order valence-corrected chi connectivity index (χ0v) is 10.0. The normalized spacial score (nSPS) is 15.3. The van der Waals surface area contributed by atoms with Gasteiger partial charge in [0.15, 0.2) is 0 Å². The maximum absolute atomic E-state index is 12.3. The van der Waals surface area contributed by atoms with Crippen LogP contribution in [0.1, 0.15) is 36.0 Å². The van der Waals surface area contributed by atoms with Gasteiger partial charge >= 0.3 is 0 Å². The summed E-state index contributed by atoms with van der Waals surface area (Å²) >= 11 is 0. The molecule has 0 bridgehead atoms. The van der Waals surface area contributed by atoms with Gasteiger partial charge < -0.3 is 10.0 Å². The van der Waals surface area contributed by atoms with E-state index in [2.05, 4.69) is 4.98 Å². The third-order valence-electron chi connectivity index (χ3n) is 3.30. The summed E-state index contributed by atoms with van der Waals surface area (Å²) in [6.07, 6.45) is 6.74. The van der Waals surface area contributed by atoms with Crippen LogP contribution in [0.4, 0.5) is 0 Å². The number of amides is 1. The van der Waals surface area contributed by atoms with Crippen molar-refractivity contribution >= 4 is 5.91 Å². The van der Waals surface area contributed by atoms with E-state index in [0.29, 0.717) is 0 Å². The lowest BCUT2D eigenvalue weighted by Gasteiger charge is -2.26. The maximum atomic E-state index is 12.3. The number of nitrogens with zero attached hydrogens (tertiary/aromatic N) is 3. The van der Waals surface area contributed by atoms with Crippen LogP contribution in [0.3, 0.4) is 0 Å². The highest BCUT2D eigenvalue weighted by atomic mass is 16.3. The van der Waals surface area contributed by atoms with Crippen LogP contribution in [0.2, 0.25) is 0 Å². The summed E-state index contributed by atoms with van der Waals surface area (Å²) in [6, 6.07) is 3.62. The number of carbonyl (C=O) groups excluding carboxylic acids is 1. The number of pyridine rings is 1. The summed E-state index contributed by atoms with van der Waals surface area (Å²) < 4.78 is 0. The third-order valence-corrected chi connectivity index (χ3v) is 3.30. The lowest BCUT2D eigenvalue weighted by atomic mass is 10.1. The average Bonchev–Trinajstić information content (AvgIpc) is 2.89. The van der Waals surface area contributed by atoms with Crippen molar-refractivity contribution in [1.29, 1.82) is 5.26 Å². The van der Waals surface area contributed by atoms with Crippen LogP contribution in [0.15, 0.2) is 18.5 Å². The second-order valence-corrected chi connectivity index (χ2v) is 4.42. The number of aromatic nitrogens is 1. The molecule has 1 amide bonds. The second-order valence-electron chi connectivity index (χ2n) is 4.42. The Balaban J connectivity index is 2.23. The summed E-state index contributed by atoms with van der Waals surface area (Å²) in [5, 5.41) is 18.5. The van der Waals surface area contributed by atoms with Crippen LogP contribution < -0.4 is 0 Å². The maximum Gasteiger partial charge on any atom is 0.258 e. The number of hydrogen-bond acceptors (Lipinski definition) is 4. The lowest BCUT2D eigenvalue weighted by Crippen LogP contribution is -2.39. The Hall–Kier alpha value is -2.09. The van der Waals surface area contributed by atoms with Crippen LogP contribution >= 0.6 is 0 Å². The fourth-order valence-corrected chi connectivity index (χ4v) is 2.38. The molecule has 1 fully saturated rings. The Morgan fingerprint density at radius 1 is 1.56 bits per heavy atom. The molecule has 2 rings (SSSR count). The molecular weight excluding hydrogens is 230 g/mol. The minimum Gasteiger partial charge on any atom is -0.505 e. The lowest BCUT2D eigenvalue weighted by molar-refractivity contribution is 0.0706. The van der Waals surface area contributed by atoms with E-state index in [1.165, 1.54) is 18.5 Å². The predicted molar refractivity (Wildman–Crippen MR) is 64.8 cm³/mol. The zero-order chi connectivity index (χ0) is 13.0. The number of hydrogen-bond donors (Lipinski definition) is 1. The first kappa shape index (κ1) is 12.4. The van der Waals surface area contributed by atoms with Gasteiger partial charge in [-0.1, -0.05) is 12.8 Å². The number of nitriles is 1. The zero-order valence-electron chi connectivity index (χ0n) is 10.0. The van der Waals surface area contributed by atoms with Crippen LogP contribution in [0, 0.1) is 11.3 Å². The summed E-state index contributed by atoms with van der Waals surface area (Å²) in [6.45, 7) is 0.0608. The third kappa shape index (κ3) is 2.43. The van der Waals surface area contributed by atoms with Crippen molar-refractivity contribution in [3.8, 4) is 11.8 Å². The molecule has 5 nitrogen and oxygen atoms in total. The van der Waals surface area contributed by atoms with Gasteiger partial charge in [0, 0.05) is 12.2 Å². The average molecular weight is 245 g/mol. The molecule has 0 aromatic carbocycles. The fourth-order valence-electron chi connectivity index (χ4n) is 2.38. The molecule has 1 N–H and O–H groups in total. The molecular formula is C13H15N3O2. The van der Waals surface area contributed by atoms with Crippen LogP contribution in [0.5, 0.6) is 5.75 Å². The van der Waals surface area contributed by atoms with Gasteiger partial charge in [-0.25, -0.2) is 0 Å². The van der Waals surface area contributed by atoms with E-state index in [1.54, 1.807) is 4.90 Å². The van der Waals surface area contributed by atoms with Gasteiger partial charge in [-0.05, 0) is 18.9 Å². The molecule has 0 aliphatic heterocycles. The molecule has 1 aliphatic rings. The Labute approximate surface area is 106 Å². The highest BCUT2D eigenvalue weighted by molar-refractivity contribution is 5.97. The van der Waals surface area contributed by atoms with E-state index < -0.39 is 0 Å². The Morgan fingerprint density at radius 2 is 2.28 bits per heavy atom. The molecule has 1 aromatic rings. The molecule has 0 radical (unpaired) electrons. The van der Waals surface area contributed by atoms with Gasteiger partial charge in [0.1, 0.15) is 12.3 Å². The van der Waals surface area contributed by atoms with Crippen molar-refractivity contribution < 1.29 is 9.90 Å². The van der Waals surface area contributed by atoms with Crippen molar-refractivity contribution in [2.24, 2.45) is 0 Å². The number of rotatable bonds is 3. The van der Waals surface area contributed by atoms with E-state index in [4.69, 9.17) is 5.26 Å². The Morgan fingerprint density at radius 3 is 2.89 bits per heavy atom. The first-order chi connectivity index (χ1) is 8.74. The minimum atomic E-state index is -0.289. The molecule has 0 atom stereocenters. The molecule has 1 heterocycles. The molecule has 5 heteroatoms.